The summed E-state index contributed by atoms with van der Waals surface area (Å²) in [5.41, 5.74) is 5.58. The SMILES string of the molecule is CC(=NNc1ccccc1)c1ccc(Cl)cc1Cl. The lowest BCUT2D eigenvalue weighted by atomic mass is 10.1. The highest BCUT2D eigenvalue weighted by Crippen LogP contribution is 2.21. The molecule has 1 N–H and O–H groups in total. The number of halogens is 2. The highest BCUT2D eigenvalue weighted by atomic mass is 35.5. The van der Waals surface area contributed by atoms with Crippen LogP contribution < -0.4 is 5.43 Å². The number of nitrogens with zero attached hydrogens (tertiary/aromatic N) is 1. The third kappa shape index (κ3) is 3.25. The Morgan fingerprint density at radius 1 is 1.06 bits per heavy atom. The van der Waals surface area contributed by atoms with E-state index in [0.717, 1.165) is 17.0 Å². The molecule has 2 rings (SSSR count). The maximum absolute atomic E-state index is 6.11. The number of para-hydroxylation sites is 1. The van der Waals surface area contributed by atoms with Gasteiger partial charge in [-0.3, -0.25) is 5.43 Å². The first-order valence-corrected chi connectivity index (χ1v) is 6.23. The quantitative estimate of drug-likeness (QED) is 0.631. The molecule has 0 unspecified atom stereocenters. The molecule has 4 heteroatoms. The summed E-state index contributed by atoms with van der Waals surface area (Å²) >= 11 is 12.0. The van der Waals surface area contributed by atoms with Crippen molar-refractivity contribution < 1.29 is 0 Å². The maximum Gasteiger partial charge on any atom is 0.0663 e. The Balaban J connectivity index is 2.18. The molecule has 92 valence electrons. The van der Waals surface area contributed by atoms with Crippen molar-refractivity contribution in [3.05, 3.63) is 64.1 Å². The molecule has 2 nitrogen and oxygen atoms in total. The molecule has 0 bridgehead atoms. The van der Waals surface area contributed by atoms with Crippen molar-refractivity contribution in [1.29, 1.82) is 0 Å². The van der Waals surface area contributed by atoms with Gasteiger partial charge in [0.25, 0.3) is 0 Å². The van der Waals surface area contributed by atoms with E-state index < -0.39 is 0 Å². The Morgan fingerprint density at radius 3 is 2.44 bits per heavy atom. The molecule has 0 fully saturated rings. The Morgan fingerprint density at radius 2 is 1.78 bits per heavy atom. The van der Waals surface area contributed by atoms with Gasteiger partial charge in [-0.15, -0.1) is 0 Å². The number of nitrogens with one attached hydrogen (secondary N) is 1. The average molecular weight is 279 g/mol. The summed E-state index contributed by atoms with van der Waals surface area (Å²) < 4.78 is 0. The number of rotatable bonds is 3. The normalized spacial score (nSPS) is 11.4. The second-order valence-electron chi connectivity index (χ2n) is 3.80. The first-order valence-electron chi connectivity index (χ1n) is 5.47. The van der Waals surface area contributed by atoms with Gasteiger partial charge in [0.1, 0.15) is 0 Å². The lowest BCUT2D eigenvalue weighted by molar-refractivity contribution is 1.32. The molecule has 0 amide bonds. The lowest BCUT2D eigenvalue weighted by Crippen LogP contribution is -2.00. The smallest absolute Gasteiger partial charge is 0.0663 e. The Labute approximate surface area is 116 Å². The van der Waals surface area contributed by atoms with E-state index in [-0.39, 0.29) is 0 Å². The van der Waals surface area contributed by atoms with Gasteiger partial charge in [-0.25, -0.2) is 0 Å². The summed E-state index contributed by atoms with van der Waals surface area (Å²) in [6, 6.07) is 15.1. The summed E-state index contributed by atoms with van der Waals surface area (Å²) in [6.45, 7) is 1.89. The van der Waals surface area contributed by atoms with Gasteiger partial charge >= 0.3 is 0 Å². The standard InChI is InChI=1S/C14H12Cl2N2/c1-10(13-8-7-11(15)9-14(13)16)17-18-12-5-3-2-4-6-12/h2-9,18H,1H3. The number of anilines is 1. The van der Waals surface area contributed by atoms with Crippen molar-refractivity contribution in [3.8, 4) is 0 Å². The van der Waals surface area contributed by atoms with E-state index in [4.69, 9.17) is 23.2 Å². The Bertz CT molecular complexity index is 565. The highest BCUT2D eigenvalue weighted by Gasteiger charge is 2.04. The van der Waals surface area contributed by atoms with Gasteiger partial charge in [0.2, 0.25) is 0 Å². The minimum atomic E-state index is 0.596. The third-order valence-electron chi connectivity index (χ3n) is 2.45. The molecule has 0 aliphatic rings. The lowest BCUT2D eigenvalue weighted by Gasteiger charge is -2.05. The van der Waals surface area contributed by atoms with Crippen LogP contribution in [0.5, 0.6) is 0 Å². The van der Waals surface area contributed by atoms with Gasteiger partial charge < -0.3 is 0 Å². The number of hydrazone groups is 1. The highest BCUT2D eigenvalue weighted by molar-refractivity contribution is 6.37. The van der Waals surface area contributed by atoms with Crippen molar-refractivity contribution >= 4 is 34.6 Å². The predicted molar refractivity (Wildman–Crippen MR) is 78.7 cm³/mol. The number of benzene rings is 2. The van der Waals surface area contributed by atoms with E-state index in [1.165, 1.54) is 0 Å². The van der Waals surface area contributed by atoms with Crippen LogP contribution in [-0.4, -0.2) is 5.71 Å². The van der Waals surface area contributed by atoms with Crippen molar-refractivity contribution in [2.24, 2.45) is 5.10 Å². The molecule has 2 aromatic carbocycles. The van der Waals surface area contributed by atoms with Crippen molar-refractivity contribution in [2.45, 2.75) is 6.92 Å². The first-order chi connectivity index (χ1) is 8.66. The van der Waals surface area contributed by atoms with Crippen LogP contribution in [0.2, 0.25) is 10.0 Å². The minimum absolute atomic E-state index is 0.596. The van der Waals surface area contributed by atoms with Crippen LogP contribution in [0.1, 0.15) is 12.5 Å². The van der Waals surface area contributed by atoms with E-state index >= 15 is 0 Å². The third-order valence-corrected chi connectivity index (χ3v) is 3.00. The Hall–Kier alpha value is -1.51. The second kappa shape index (κ2) is 5.89. The second-order valence-corrected chi connectivity index (χ2v) is 4.64. The topological polar surface area (TPSA) is 24.4 Å². The molecule has 0 radical (unpaired) electrons. The molecule has 18 heavy (non-hydrogen) atoms. The molecule has 0 aromatic heterocycles. The molecule has 0 saturated carbocycles. The molecule has 0 atom stereocenters. The van der Waals surface area contributed by atoms with Crippen molar-refractivity contribution in [3.63, 3.8) is 0 Å². The summed E-state index contributed by atoms with van der Waals surface area (Å²) in [5, 5.41) is 5.51. The average Bonchev–Trinajstić information content (AvgIpc) is 2.37. The predicted octanol–water partition coefficient (Wildman–Crippen LogP) is 4.83. The summed E-state index contributed by atoms with van der Waals surface area (Å²) in [6.07, 6.45) is 0. The molecule has 0 spiro atoms. The monoisotopic (exact) mass is 278 g/mol. The zero-order chi connectivity index (χ0) is 13.0. The van der Waals surface area contributed by atoms with Crippen LogP contribution in [0.25, 0.3) is 0 Å². The van der Waals surface area contributed by atoms with E-state index in [9.17, 15) is 0 Å². The fourth-order valence-electron chi connectivity index (χ4n) is 1.50. The molecular formula is C14H12Cl2N2. The molecule has 0 saturated heterocycles. The number of hydrogen-bond acceptors (Lipinski definition) is 2. The summed E-state index contributed by atoms with van der Waals surface area (Å²) in [5.74, 6) is 0. The minimum Gasteiger partial charge on any atom is -0.278 e. The van der Waals surface area contributed by atoms with Crippen molar-refractivity contribution in [2.75, 3.05) is 5.43 Å². The van der Waals surface area contributed by atoms with Gasteiger partial charge in [-0.05, 0) is 31.2 Å². The van der Waals surface area contributed by atoms with Crippen LogP contribution >= 0.6 is 23.2 Å². The van der Waals surface area contributed by atoms with E-state index in [0.29, 0.717) is 10.0 Å². The van der Waals surface area contributed by atoms with E-state index in [1.807, 2.05) is 43.3 Å². The molecule has 0 aliphatic carbocycles. The molecule has 2 aromatic rings. The van der Waals surface area contributed by atoms with Crippen LogP contribution in [0.4, 0.5) is 5.69 Å². The van der Waals surface area contributed by atoms with Gasteiger partial charge in [0.05, 0.1) is 16.4 Å². The van der Waals surface area contributed by atoms with E-state index in [2.05, 4.69) is 10.5 Å². The van der Waals surface area contributed by atoms with Crippen LogP contribution in [0.3, 0.4) is 0 Å². The zero-order valence-electron chi connectivity index (χ0n) is 9.82. The van der Waals surface area contributed by atoms with Crippen LogP contribution in [0, 0.1) is 0 Å². The van der Waals surface area contributed by atoms with Gasteiger partial charge in [0, 0.05) is 10.6 Å². The number of hydrogen-bond donors (Lipinski definition) is 1. The fraction of sp³-hybridized carbons (Fsp3) is 0.0714. The Kier molecular flexibility index (Phi) is 4.24. The zero-order valence-corrected chi connectivity index (χ0v) is 11.3. The molecule has 0 heterocycles. The fourth-order valence-corrected chi connectivity index (χ4v) is 2.05. The molecular weight excluding hydrogens is 267 g/mol. The van der Waals surface area contributed by atoms with E-state index in [1.54, 1.807) is 12.1 Å². The van der Waals surface area contributed by atoms with Crippen molar-refractivity contribution in [1.82, 2.24) is 0 Å². The van der Waals surface area contributed by atoms with Gasteiger partial charge in [-0.1, -0.05) is 47.5 Å². The van der Waals surface area contributed by atoms with Gasteiger partial charge in [0.15, 0.2) is 0 Å². The maximum atomic E-state index is 6.11. The van der Waals surface area contributed by atoms with Crippen LogP contribution in [-0.2, 0) is 0 Å². The summed E-state index contributed by atoms with van der Waals surface area (Å²) in [7, 11) is 0. The molecule has 0 aliphatic heterocycles. The largest absolute Gasteiger partial charge is 0.278 e. The van der Waals surface area contributed by atoms with Crippen LogP contribution in [0.15, 0.2) is 53.6 Å². The first kappa shape index (κ1) is 12.9. The summed E-state index contributed by atoms with van der Waals surface area (Å²) in [4.78, 5) is 0. The van der Waals surface area contributed by atoms with Gasteiger partial charge in [-0.2, -0.15) is 5.10 Å².